The fraction of sp³-hybridized carbons (Fsp3) is 0.136. The summed E-state index contributed by atoms with van der Waals surface area (Å²) in [6.45, 7) is 4.31. The fourth-order valence-corrected chi connectivity index (χ4v) is 3.75. The molecule has 144 valence electrons. The molecule has 0 atom stereocenters. The number of aryl methyl sites for hydroxylation is 2. The van der Waals surface area contributed by atoms with E-state index < -0.39 is 0 Å². The summed E-state index contributed by atoms with van der Waals surface area (Å²) in [6.07, 6.45) is 1.73. The molecule has 0 N–H and O–H groups in total. The molecule has 2 nitrogen and oxygen atoms in total. The van der Waals surface area contributed by atoms with E-state index in [0.29, 0.717) is 25.8 Å². The van der Waals surface area contributed by atoms with Crippen LogP contribution in [0.1, 0.15) is 22.3 Å². The van der Waals surface area contributed by atoms with Crippen molar-refractivity contribution < 1.29 is 4.74 Å². The van der Waals surface area contributed by atoms with Crippen LogP contribution in [-0.4, -0.2) is 6.21 Å². The first-order valence-electron chi connectivity index (χ1n) is 8.50. The molecule has 0 saturated heterocycles. The third kappa shape index (κ3) is 5.21. The van der Waals surface area contributed by atoms with Gasteiger partial charge in [-0.2, -0.15) is 0 Å². The zero-order valence-corrected chi connectivity index (χ0v) is 18.3. The SMILES string of the molecule is Cc1ccc(N=Cc2cc(Cl)c(OCc3ccc(Cl)cc3Cl)c(Cl)c2)c(C)c1. The maximum atomic E-state index is 6.37. The molecule has 0 bridgehead atoms. The van der Waals surface area contributed by atoms with E-state index in [-0.39, 0.29) is 6.61 Å². The highest BCUT2D eigenvalue weighted by Crippen LogP contribution is 2.35. The smallest absolute Gasteiger partial charge is 0.157 e. The van der Waals surface area contributed by atoms with Gasteiger partial charge in [-0.15, -0.1) is 0 Å². The van der Waals surface area contributed by atoms with E-state index in [1.807, 2.05) is 19.1 Å². The number of aliphatic imine (C=N–C) groups is 1. The molecule has 0 radical (unpaired) electrons. The highest BCUT2D eigenvalue weighted by molar-refractivity contribution is 6.37. The van der Waals surface area contributed by atoms with Crippen LogP contribution >= 0.6 is 46.4 Å². The highest BCUT2D eigenvalue weighted by atomic mass is 35.5. The van der Waals surface area contributed by atoms with Gasteiger partial charge in [0, 0.05) is 21.8 Å². The lowest BCUT2D eigenvalue weighted by molar-refractivity contribution is 0.306. The van der Waals surface area contributed by atoms with Gasteiger partial charge in [-0.25, -0.2) is 0 Å². The lowest BCUT2D eigenvalue weighted by Crippen LogP contribution is -1.98. The maximum Gasteiger partial charge on any atom is 0.157 e. The third-order valence-corrected chi connectivity index (χ3v) is 5.26. The van der Waals surface area contributed by atoms with Gasteiger partial charge in [0.1, 0.15) is 6.61 Å². The van der Waals surface area contributed by atoms with Crippen LogP contribution in [-0.2, 0) is 6.61 Å². The first kappa shape index (κ1) is 21.0. The van der Waals surface area contributed by atoms with Crippen LogP contribution in [0.15, 0.2) is 53.5 Å². The molecule has 28 heavy (non-hydrogen) atoms. The second-order valence-corrected chi connectivity index (χ2v) is 8.04. The van der Waals surface area contributed by atoms with Gasteiger partial charge in [0.15, 0.2) is 5.75 Å². The second-order valence-electron chi connectivity index (χ2n) is 6.39. The van der Waals surface area contributed by atoms with Crippen molar-refractivity contribution in [3.63, 3.8) is 0 Å². The largest absolute Gasteiger partial charge is 0.486 e. The Kier molecular flexibility index (Phi) is 6.90. The molecule has 0 aromatic heterocycles. The Balaban J connectivity index is 1.77. The topological polar surface area (TPSA) is 21.6 Å². The first-order chi connectivity index (χ1) is 13.3. The standard InChI is InChI=1S/C22H17Cl4NO/c1-13-3-6-21(14(2)7-13)27-11-15-8-19(25)22(20(26)9-15)28-12-16-4-5-17(23)10-18(16)24/h3-11H,12H2,1-2H3. The van der Waals surface area contributed by atoms with Crippen molar-refractivity contribution >= 4 is 58.3 Å². The van der Waals surface area contributed by atoms with Gasteiger partial charge >= 0.3 is 0 Å². The molecular formula is C22H17Cl4NO. The van der Waals surface area contributed by atoms with Crippen molar-refractivity contribution in [3.8, 4) is 5.75 Å². The molecule has 0 aliphatic carbocycles. The van der Waals surface area contributed by atoms with Crippen LogP contribution in [0, 0.1) is 13.8 Å². The number of ether oxygens (including phenoxy) is 1. The fourth-order valence-electron chi connectivity index (χ4n) is 2.67. The van der Waals surface area contributed by atoms with Crippen molar-refractivity contribution in [1.82, 2.24) is 0 Å². The zero-order chi connectivity index (χ0) is 20.3. The van der Waals surface area contributed by atoms with Gasteiger partial charge < -0.3 is 4.74 Å². The van der Waals surface area contributed by atoms with Crippen LogP contribution in [0.2, 0.25) is 20.1 Å². The highest BCUT2D eigenvalue weighted by Gasteiger charge is 2.11. The predicted octanol–water partition coefficient (Wildman–Crippen LogP) is 8.25. The zero-order valence-electron chi connectivity index (χ0n) is 15.3. The van der Waals surface area contributed by atoms with Crippen LogP contribution in [0.3, 0.4) is 0 Å². The van der Waals surface area contributed by atoms with Crippen LogP contribution in [0.25, 0.3) is 0 Å². The molecule has 0 unspecified atom stereocenters. The molecule has 6 heteroatoms. The molecule has 0 aliphatic heterocycles. The third-order valence-electron chi connectivity index (χ3n) is 4.11. The number of hydrogen-bond donors (Lipinski definition) is 0. The summed E-state index contributed by atoms with van der Waals surface area (Å²) in [6, 6.07) is 14.8. The normalized spacial score (nSPS) is 11.2. The minimum absolute atomic E-state index is 0.228. The maximum absolute atomic E-state index is 6.37. The van der Waals surface area contributed by atoms with Gasteiger partial charge in [-0.1, -0.05) is 70.2 Å². The van der Waals surface area contributed by atoms with E-state index in [0.717, 1.165) is 22.4 Å². The Hall–Kier alpha value is -1.71. The van der Waals surface area contributed by atoms with Gasteiger partial charge in [0.05, 0.1) is 15.7 Å². The molecule has 0 saturated carbocycles. The average molecular weight is 453 g/mol. The Bertz CT molecular complexity index is 1020. The lowest BCUT2D eigenvalue weighted by Gasteiger charge is -2.12. The minimum Gasteiger partial charge on any atom is -0.486 e. The Morgan fingerprint density at radius 1 is 0.857 bits per heavy atom. The van der Waals surface area contributed by atoms with Gasteiger partial charge in [-0.3, -0.25) is 4.99 Å². The molecule has 0 amide bonds. The summed E-state index contributed by atoms with van der Waals surface area (Å²) in [5, 5.41) is 1.90. The molecule has 0 spiro atoms. The number of rotatable bonds is 5. The summed E-state index contributed by atoms with van der Waals surface area (Å²) in [7, 11) is 0. The van der Waals surface area contributed by atoms with Crippen molar-refractivity contribution in [3.05, 3.63) is 90.9 Å². The van der Waals surface area contributed by atoms with Crippen molar-refractivity contribution in [2.75, 3.05) is 0 Å². The van der Waals surface area contributed by atoms with Crippen LogP contribution < -0.4 is 4.74 Å². The monoisotopic (exact) mass is 451 g/mol. The molecule has 3 rings (SSSR count). The predicted molar refractivity (Wildman–Crippen MR) is 120 cm³/mol. The number of hydrogen-bond acceptors (Lipinski definition) is 2. The van der Waals surface area contributed by atoms with E-state index >= 15 is 0 Å². The number of benzene rings is 3. The van der Waals surface area contributed by atoms with E-state index in [4.69, 9.17) is 51.1 Å². The number of halogens is 4. The van der Waals surface area contributed by atoms with Crippen LogP contribution in [0.4, 0.5) is 5.69 Å². The van der Waals surface area contributed by atoms with Crippen molar-refractivity contribution in [2.24, 2.45) is 4.99 Å². The minimum atomic E-state index is 0.228. The average Bonchev–Trinajstić information content (AvgIpc) is 2.62. The summed E-state index contributed by atoms with van der Waals surface area (Å²) in [5.41, 5.74) is 4.78. The first-order valence-corrected chi connectivity index (χ1v) is 10.0. The molecule has 3 aromatic rings. The number of nitrogens with zero attached hydrogens (tertiary/aromatic N) is 1. The van der Waals surface area contributed by atoms with Gasteiger partial charge in [-0.05, 0) is 55.3 Å². The van der Waals surface area contributed by atoms with Crippen LogP contribution in [0.5, 0.6) is 5.75 Å². The van der Waals surface area contributed by atoms with E-state index in [9.17, 15) is 0 Å². The molecular weight excluding hydrogens is 436 g/mol. The van der Waals surface area contributed by atoms with E-state index in [1.54, 1.807) is 36.5 Å². The van der Waals surface area contributed by atoms with Gasteiger partial charge in [0.25, 0.3) is 0 Å². The summed E-state index contributed by atoms with van der Waals surface area (Å²) < 4.78 is 5.79. The van der Waals surface area contributed by atoms with Gasteiger partial charge in [0.2, 0.25) is 0 Å². The van der Waals surface area contributed by atoms with Crippen molar-refractivity contribution in [2.45, 2.75) is 20.5 Å². The molecule has 3 aromatic carbocycles. The summed E-state index contributed by atoms with van der Waals surface area (Å²) in [4.78, 5) is 4.53. The summed E-state index contributed by atoms with van der Waals surface area (Å²) in [5.74, 6) is 0.401. The summed E-state index contributed by atoms with van der Waals surface area (Å²) >= 11 is 24.8. The quantitative estimate of drug-likeness (QED) is 0.357. The van der Waals surface area contributed by atoms with Crippen molar-refractivity contribution in [1.29, 1.82) is 0 Å². The second kappa shape index (κ2) is 9.19. The molecule has 0 aliphatic rings. The Labute approximate surface area is 184 Å². The molecule has 0 heterocycles. The molecule has 0 fully saturated rings. The lowest BCUT2D eigenvalue weighted by atomic mass is 10.1. The Morgan fingerprint density at radius 2 is 1.57 bits per heavy atom. The van der Waals surface area contributed by atoms with E-state index in [2.05, 4.69) is 18.0 Å². The van der Waals surface area contributed by atoms with E-state index in [1.165, 1.54) is 5.56 Å². The Morgan fingerprint density at radius 3 is 2.21 bits per heavy atom.